The zero-order valence-corrected chi connectivity index (χ0v) is 10.0. The molecule has 0 amide bonds. The van der Waals surface area contributed by atoms with Gasteiger partial charge in [-0.15, -0.1) is 0 Å². The number of methoxy groups -OCH3 is 1. The molecule has 7 heteroatoms. The summed E-state index contributed by atoms with van der Waals surface area (Å²) in [5.74, 6) is 0. The summed E-state index contributed by atoms with van der Waals surface area (Å²) in [7, 11) is 1.54. The Kier molecular flexibility index (Phi) is 2.55. The first-order valence-electron chi connectivity index (χ1n) is 5.91. The standard InChI is InChI=1S/C11H14N4O3/c1-18-5-4-14-10(16)8-9(13-6-12-8)15(11(14)17)7-2-3-7/h6-7H,2-5H2,1H3,(H,12,13). The molecule has 0 bridgehead atoms. The summed E-state index contributed by atoms with van der Waals surface area (Å²) in [4.78, 5) is 31.3. The Morgan fingerprint density at radius 3 is 2.94 bits per heavy atom. The van der Waals surface area contributed by atoms with E-state index in [9.17, 15) is 9.59 Å². The van der Waals surface area contributed by atoms with Crippen LogP contribution in [0.3, 0.4) is 0 Å². The van der Waals surface area contributed by atoms with Crippen LogP contribution in [-0.2, 0) is 11.3 Å². The van der Waals surface area contributed by atoms with Crippen molar-refractivity contribution in [1.29, 1.82) is 0 Å². The maximum Gasteiger partial charge on any atom is 0.333 e. The molecule has 7 nitrogen and oxygen atoms in total. The molecule has 0 aromatic carbocycles. The zero-order chi connectivity index (χ0) is 12.7. The topological polar surface area (TPSA) is 81.9 Å². The molecule has 0 saturated heterocycles. The van der Waals surface area contributed by atoms with E-state index >= 15 is 0 Å². The molecule has 0 spiro atoms. The van der Waals surface area contributed by atoms with Crippen LogP contribution in [0.25, 0.3) is 11.2 Å². The number of imidazole rings is 1. The van der Waals surface area contributed by atoms with Crippen LogP contribution in [-0.4, -0.2) is 32.8 Å². The van der Waals surface area contributed by atoms with E-state index < -0.39 is 0 Å². The number of ether oxygens (including phenoxy) is 1. The van der Waals surface area contributed by atoms with Gasteiger partial charge in [0.05, 0.1) is 19.5 Å². The van der Waals surface area contributed by atoms with Gasteiger partial charge in [-0.05, 0) is 12.8 Å². The summed E-state index contributed by atoms with van der Waals surface area (Å²) in [5, 5.41) is 0. The van der Waals surface area contributed by atoms with E-state index in [2.05, 4.69) is 9.97 Å². The largest absolute Gasteiger partial charge is 0.383 e. The zero-order valence-electron chi connectivity index (χ0n) is 10.0. The second-order valence-electron chi connectivity index (χ2n) is 4.43. The predicted molar refractivity (Wildman–Crippen MR) is 64.8 cm³/mol. The smallest absolute Gasteiger partial charge is 0.333 e. The average molecular weight is 250 g/mol. The van der Waals surface area contributed by atoms with Crippen LogP contribution in [0.4, 0.5) is 0 Å². The fourth-order valence-corrected chi connectivity index (χ4v) is 2.11. The van der Waals surface area contributed by atoms with Crippen molar-refractivity contribution >= 4 is 11.2 Å². The Morgan fingerprint density at radius 2 is 2.28 bits per heavy atom. The van der Waals surface area contributed by atoms with Crippen molar-refractivity contribution in [3.05, 3.63) is 27.2 Å². The van der Waals surface area contributed by atoms with Crippen LogP contribution in [0, 0.1) is 0 Å². The molecule has 2 aromatic heterocycles. The van der Waals surface area contributed by atoms with Crippen LogP contribution in [0.2, 0.25) is 0 Å². The number of aromatic amines is 1. The van der Waals surface area contributed by atoms with E-state index in [1.165, 1.54) is 10.9 Å². The van der Waals surface area contributed by atoms with Gasteiger partial charge in [0.1, 0.15) is 5.52 Å². The molecule has 0 atom stereocenters. The summed E-state index contributed by atoms with van der Waals surface area (Å²) in [6.45, 7) is 0.593. The Bertz CT molecular complexity index is 692. The molecule has 0 unspecified atom stereocenters. The molecule has 2 heterocycles. The normalized spacial score (nSPS) is 15.4. The van der Waals surface area contributed by atoms with Gasteiger partial charge < -0.3 is 9.72 Å². The molecular weight excluding hydrogens is 236 g/mol. The van der Waals surface area contributed by atoms with Crippen molar-refractivity contribution in [1.82, 2.24) is 19.1 Å². The lowest BCUT2D eigenvalue weighted by molar-refractivity contribution is 0.184. The Balaban J connectivity index is 2.28. The van der Waals surface area contributed by atoms with Gasteiger partial charge in [-0.3, -0.25) is 13.9 Å². The molecule has 96 valence electrons. The summed E-state index contributed by atoms with van der Waals surface area (Å²) in [6, 6.07) is 0.178. The lowest BCUT2D eigenvalue weighted by atomic mass is 10.4. The third kappa shape index (κ3) is 1.59. The van der Waals surface area contributed by atoms with E-state index in [-0.39, 0.29) is 23.8 Å². The minimum atomic E-state index is -0.332. The minimum Gasteiger partial charge on any atom is -0.383 e. The van der Waals surface area contributed by atoms with E-state index in [0.29, 0.717) is 17.8 Å². The van der Waals surface area contributed by atoms with Gasteiger partial charge in [-0.2, -0.15) is 0 Å². The number of fused-ring (bicyclic) bond motifs is 1. The molecule has 2 aromatic rings. The van der Waals surface area contributed by atoms with Crippen LogP contribution >= 0.6 is 0 Å². The lowest BCUT2D eigenvalue weighted by Gasteiger charge is -2.09. The van der Waals surface area contributed by atoms with E-state index in [4.69, 9.17) is 4.74 Å². The van der Waals surface area contributed by atoms with Crippen molar-refractivity contribution in [2.45, 2.75) is 25.4 Å². The van der Waals surface area contributed by atoms with Crippen LogP contribution < -0.4 is 11.2 Å². The van der Waals surface area contributed by atoms with Gasteiger partial charge in [0.25, 0.3) is 5.56 Å². The fourth-order valence-electron chi connectivity index (χ4n) is 2.11. The van der Waals surface area contributed by atoms with Crippen LogP contribution in [0.1, 0.15) is 18.9 Å². The molecule has 0 radical (unpaired) electrons. The molecule has 1 N–H and O–H groups in total. The second kappa shape index (κ2) is 4.09. The highest BCUT2D eigenvalue weighted by Gasteiger charge is 2.29. The molecule has 3 rings (SSSR count). The number of nitrogens with one attached hydrogen (secondary N) is 1. The van der Waals surface area contributed by atoms with Gasteiger partial charge in [0.2, 0.25) is 0 Å². The third-order valence-corrected chi connectivity index (χ3v) is 3.17. The Labute approximate surface area is 102 Å². The summed E-state index contributed by atoms with van der Waals surface area (Å²) in [6.07, 6.45) is 3.37. The number of rotatable bonds is 4. The quantitative estimate of drug-likeness (QED) is 0.819. The molecule has 1 fully saturated rings. The van der Waals surface area contributed by atoms with Crippen molar-refractivity contribution in [3.63, 3.8) is 0 Å². The van der Waals surface area contributed by atoms with Crippen LogP contribution in [0.15, 0.2) is 15.9 Å². The van der Waals surface area contributed by atoms with Crippen LogP contribution in [0.5, 0.6) is 0 Å². The van der Waals surface area contributed by atoms with Crippen molar-refractivity contribution in [3.8, 4) is 0 Å². The summed E-state index contributed by atoms with van der Waals surface area (Å²) < 4.78 is 7.76. The van der Waals surface area contributed by atoms with Crippen molar-refractivity contribution in [2.75, 3.05) is 13.7 Å². The molecule has 1 aliphatic rings. The van der Waals surface area contributed by atoms with Crippen molar-refractivity contribution < 1.29 is 4.74 Å². The number of hydrogen-bond acceptors (Lipinski definition) is 4. The summed E-state index contributed by atoms with van der Waals surface area (Å²) >= 11 is 0. The predicted octanol–water partition coefficient (Wildman–Crippen LogP) is -0.132. The van der Waals surface area contributed by atoms with Gasteiger partial charge in [-0.25, -0.2) is 9.78 Å². The number of nitrogens with zero attached hydrogens (tertiary/aromatic N) is 3. The molecule has 1 saturated carbocycles. The SMILES string of the molecule is COCCn1c(=O)c2[nH]cnc2n(C2CC2)c1=O. The Hall–Kier alpha value is -1.89. The molecule has 0 aliphatic heterocycles. The maximum absolute atomic E-state index is 12.3. The highest BCUT2D eigenvalue weighted by Crippen LogP contribution is 2.34. The first-order chi connectivity index (χ1) is 8.74. The second-order valence-corrected chi connectivity index (χ2v) is 4.43. The highest BCUT2D eigenvalue weighted by molar-refractivity contribution is 5.69. The maximum atomic E-state index is 12.3. The van der Waals surface area contributed by atoms with Gasteiger partial charge in [0.15, 0.2) is 5.65 Å². The van der Waals surface area contributed by atoms with Gasteiger partial charge in [-0.1, -0.05) is 0 Å². The monoisotopic (exact) mass is 250 g/mol. The van der Waals surface area contributed by atoms with E-state index in [0.717, 1.165) is 12.8 Å². The molecule has 18 heavy (non-hydrogen) atoms. The first kappa shape index (κ1) is 11.2. The third-order valence-electron chi connectivity index (χ3n) is 3.17. The first-order valence-corrected chi connectivity index (χ1v) is 5.91. The summed E-state index contributed by atoms with van der Waals surface area (Å²) in [5.41, 5.74) is 0.222. The molecule has 1 aliphatic carbocycles. The van der Waals surface area contributed by atoms with E-state index in [1.807, 2.05) is 0 Å². The number of hydrogen-bond donors (Lipinski definition) is 1. The van der Waals surface area contributed by atoms with E-state index in [1.54, 1.807) is 11.7 Å². The Morgan fingerprint density at radius 1 is 1.50 bits per heavy atom. The fraction of sp³-hybridized carbons (Fsp3) is 0.545. The van der Waals surface area contributed by atoms with Gasteiger partial charge in [0, 0.05) is 13.2 Å². The minimum absolute atomic E-state index is 0.178. The lowest BCUT2D eigenvalue weighted by Crippen LogP contribution is -2.40. The van der Waals surface area contributed by atoms with Gasteiger partial charge >= 0.3 is 5.69 Å². The van der Waals surface area contributed by atoms with Crippen molar-refractivity contribution in [2.24, 2.45) is 0 Å². The number of aromatic nitrogens is 4. The molecular formula is C11H14N4O3. The highest BCUT2D eigenvalue weighted by atomic mass is 16.5. The number of H-pyrrole nitrogens is 1. The average Bonchev–Trinajstić information content (AvgIpc) is 3.06.